The minimum Gasteiger partial charge on any atom is -0.462 e. The van der Waals surface area contributed by atoms with Crippen molar-refractivity contribution in [3.8, 4) is 0 Å². The fraction of sp³-hybridized carbons (Fsp3) is 0.429. The molecule has 2 aromatic heterocycles. The normalized spacial score (nSPS) is 10.6. The van der Waals surface area contributed by atoms with Gasteiger partial charge in [0, 0.05) is 4.88 Å². The zero-order chi connectivity index (χ0) is 16.8. The number of aromatic amines is 1. The predicted molar refractivity (Wildman–Crippen MR) is 90.1 cm³/mol. The number of thioether (sulfide) groups is 1. The number of aryl methyl sites for hydroxylation is 1. The second kappa shape index (κ2) is 8.11. The van der Waals surface area contributed by atoms with Gasteiger partial charge in [-0.2, -0.15) is 5.10 Å². The summed E-state index contributed by atoms with van der Waals surface area (Å²) in [6.07, 6.45) is 2.09. The quantitative estimate of drug-likeness (QED) is 0.586. The molecule has 0 aromatic carbocycles. The first-order valence-corrected chi connectivity index (χ1v) is 8.94. The highest BCUT2D eigenvalue weighted by molar-refractivity contribution is 7.99. The van der Waals surface area contributed by atoms with E-state index in [9.17, 15) is 9.59 Å². The van der Waals surface area contributed by atoms with Crippen LogP contribution in [0.3, 0.4) is 0 Å². The van der Waals surface area contributed by atoms with E-state index in [1.807, 2.05) is 13.8 Å². The van der Waals surface area contributed by atoms with E-state index in [1.54, 1.807) is 6.92 Å². The highest BCUT2D eigenvalue weighted by Gasteiger charge is 2.23. The molecule has 124 valence electrons. The van der Waals surface area contributed by atoms with E-state index in [-0.39, 0.29) is 11.7 Å². The van der Waals surface area contributed by atoms with Gasteiger partial charge in [-0.3, -0.25) is 9.89 Å². The maximum Gasteiger partial charge on any atom is 0.341 e. The van der Waals surface area contributed by atoms with Gasteiger partial charge in [0.25, 0.3) is 0 Å². The SMILES string of the molecule is CCOC(=O)c1c(NC(=O)CSc2ncn[nH]2)sc(C)c1CC. The van der Waals surface area contributed by atoms with Crippen molar-refractivity contribution < 1.29 is 14.3 Å². The van der Waals surface area contributed by atoms with E-state index in [0.29, 0.717) is 28.7 Å². The van der Waals surface area contributed by atoms with Gasteiger partial charge < -0.3 is 10.1 Å². The smallest absolute Gasteiger partial charge is 0.341 e. The molecule has 0 fully saturated rings. The highest BCUT2D eigenvalue weighted by atomic mass is 32.2. The van der Waals surface area contributed by atoms with Crippen molar-refractivity contribution in [1.29, 1.82) is 0 Å². The summed E-state index contributed by atoms with van der Waals surface area (Å²) >= 11 is 2.64. The molecular formula is C14H18N4O3S2. The lowest BCUT2D eigenvalue weighted by molar-refractivity contribution is -0.113. The van der Waals surface area contributed by atoms with Crippen molar-refractivity contribution in [2.45, 2.75) is 32.3 Å². The first-order chi connectivity index (χ1) is 11.1. The van der Waals surface area contributed by atoms with Gasteiger partial charge >= 0.3 is 5.97 Å². The van der Waals surface area contributed by atoms with Crippen molar-refractivity contribution >= 4 is 40.0 Å². The lowest BCUT2D eigenvalue weighted by atomic mass is 10.1. The molecule has 0 aliphatic carbocycles. The van der Waals surface area contributed by atoms with Gasteiger partial charge in [-0.05, 0) is 25.8 Å². The van der Waals surface area contributed by atoms with Crippen LogP contribution < -0.4 is 5.32 Å². The molecule has 0 saturated carbocycles. The van der Waals surface area contributed by atoms with E-state index in [4.69, 9.17) is 4.74 Å². The van der Waals surface area contributed by atoms with Crippen LogP contribution in [-0.2, 0) is 16.0 Å². The maximum atomic E-state index is 12.2. The number of hydrogen-bond donors (Lipinski definition) is 2. The Morgan fingerprint density at radius 3 is 2.83 bits per heavy atom. The topological polar surface area (TPSA) is 97.0 Å². The molecule has 0 radical (unpaired) electrons. The molecule has 2 heterocycles. The summed E-state index contributed by atoms with van der Waals surface area (Å²) in [5.41, 5.74) is 1.39. The number of carbonyl (C=O) groups is 2. The minimum atomic E-state index is -0.396. The monoisotopic (exact) mass is 354 g/mol. The van der Waals surface area contributed by atoms with E-state index in [1.165, 1.54) is 29.4 Å². The van der Waals surface area contributed by atoms with Crippen LogP contribution in [0.15, 0.2) is 11.5 Å². The lowest BCUT2D eigenvalue weighted by Gasteiger charge is -2.07. The molecule has 1 amide bonds. The van der Waals surface area contributed by atoms with Crippen molar-refractivity contribution in [1.82, 2.24) is 15.2 Å². The minimum absolute atomic E-state index is 0.176. The zero-order valence-corrected chi connectivity index (χ0v) is 14.8. The Balaban J connectivity index is 2.11. The van der Waals surface area contributed by atoms with Crippen LogP contribution in [0.1, 0.15) is 34.6 Å². The van der Waals surface area contributed by atoms with E-state index in [2.05, 4.69) is 20.5 Å². The third-order valence-corrected chi connectivity index (χ3v) is 4.97. The van der Waals surface area contributed by atoms with Gasteiger partial charge in [-0.25, -0.2) is 9.78 Å². The van der Waals surface area contributed by atoms with Crippen LogP contribution in [0.2, 0.25) is 0 Å². The molecule has 0 aliphatic heterocycles. The summed E-state index contributed by atoms with van der Waals surface area (Å²) < 4.78 is 5.11. The molecule has 23 heavy (non-hydrogen) atoms. The summed E-state index contributed by atoms with van der Waals surface area (Å²) in [6, 6.07) is 0. The fourth-order valence-corrected chi connectivity index (χ4v) is 3.80. The maximum absolute atomic E-state index is 12.2. The molecule has 0 aliphatic rings. The Morgan fingerprint density at radius 1 is 1.43 bits per heavy atom. The second-order valence-corrected chi connectivity index (χ2v) is 6.73. The predicted octanol–water partition coefficient (Wildman–Crippen LogP) is 2.64. The Kier molecular flexibility index (Phi) is 6.17. The average molecular weight is 354 g/mol. The molecule has 0 spiro atoms. The largest absolute Gasteiger partial charge is 0.462 e. The number of thiophene rings is 1. The van der Waals surface area contributed by atoms with Crippen molar-refractivity contribution in [2.24, 2.45) is 0 Å². The average Bonchev–Trinajstić information content (AvgIpc) is 3.12. The Labute approximate surface area is 142 Å². The molecule has 0 atom stereocenters. The van der Waals surface area contributed by atoms with E-state index < -0.39 is 5.97 Å². The molecule has 9 heteroatoms. The highest BCUT2D eigenvalue weighted by Crippen LogP contribution is 2.34. The number of H-pyrrole nitrogens is 1. The summed E-state index contributed by atoms with van der Waals surface area (Å²) in [6.45, 7) is 5.97. The number of hydrogen-bond acceptors (Lipinski definition) is 7. The molecule has 0 unspecified atom stereocenters. The number of aromatic nitrogens is 3. The Morgan fingerprint density at radius 2 is 2.22 bits per heavy atom. The first kappa shape index (κ1) is 17.5. The van der Waals surface area contributed by atoms with Gasteiger partial charge in [-0.15, -0.1) is 11.3 Å². The Hall–Kier alpha value is -1.87. The van der Waals surface area contributed by atoms with Crippen LogP contribution in [0.25, 0.3) is 0 Å². The number of anilines is 1. The van der Waals surface area contributed by atoms with Crippen LogP contribution in [-0.4, -0.2) is 39.4 Å². The first-order valence-electron chi connectivity index (χ1n) is 7.14. The van der Waals surface area contributed by atoms with Crippen molar-refractivity contribution in [2.75, 3.05) is 17.7 Å². The molecular weight excluding hydrogens is 336 g/mol. The summed E-state index contributed by atoms with van der Waals surface area (Å²) in [7, 11) is 0. The number of nitrogens with zero attached hydrogens (tertiary/aromatic N) is 2. The van der Waals surface area contributed by atoms with Crippen molar-refractivity contribution in [3.05, 3.63) is 22.3 Å². The van der Waals surface area contributed by atoms with Crippen LogP contribution >= 0.6 is 23.1 Å². The zero-order valence-electron chi connectivity index (χ0n) is 13.1. The van der Waals surface area contributed by atoms with Gasteiger partial charge in [-0.1, -0.05) is 18.7 Å². The van der Waals surface area contributed by atoms with Gasteiger partial charge in [0.2, 0.25) is 5.91 Å². The summed E-state index contributed by atoms with van der Waals surface area (Å²) in [5, 5.41) is 10.3. The lowest BCUT2D eigenvalue weighted by Crippen LogP contribution is -2.16. The van der Waals surface area contributed by atoms with Crippen LogP contribution in [0, 0.1) is 6.92 Å². The molecule has 0 saturated heterocycles. The van der Waals surface area contributed by atoms with E-state index in [0.717, 1.165) is 10.4 Å². The van der Waals surface area contributed by atoms with Gasteiger partial charge in [0.05, 0.1) is 17.9 Å². The van der Waals surface area contributed by atoms with E-state index >= 15 is 0 Å². The van der Waals surface area contributed by atoms with Crippen LogP contribution in [0.5, 0.6) is 0 Å². The third kappa shape index (κ3) is 4.32. The number of nitrogens with one attached hydrogen (secondary N) is 2. The summed E-state index contributed by atoms with van der Waals surface area (Å²) in [4.78, 5) is 29.2. The number of rotatable bonds is 7. The molecule has 0 bridgehead atoms. The molecule has 2 aromatic rings. The molecule has 7 nitrogen and oxygen atoms in total. The number of carbonyl (C=O) groups excluding carboxylic acids is 2. The second-order valence-electron chi connectivity index (χ2n) is 4.54. The molecule has 2 N–H and O–H groups in total. The number of amides is 1. The Bertz CT molecular complexity index is 683. The third-order valence-electron chi connectivity index (χ3n) is 3.03. The van der Waals surface area contributed by atoms with Crippen molar-refractivity contribution in [3.63, 3.8) is 0 Å². The number of esters is 1. The fourth-order valence-electron chi connectivity index (χ4n) is 2.07. The van der Waals surface area contributed by atoms with Crippen LogP contribution in [0.4, 0.5) is 5.00 Å². The summed E-state index contributed by atoms with van der Waals surface area (Å²) in [5.74, 6) is -0.427. The van der Waals surface area contributed by atoms with Gasteiger partial charge in [0.15, 0.2) is 5.16 Å². The number of ether oxygens (including phenoxy) is 1. The standard InChI is InChI=1S/C14H18N4O3S2/c1-4-9-8(3)23-12(11(9)13(20)21-5-2)17-10(19)6-22-14-15-7-16-18-14/h7H,4-6H2,1-3H3,(H,17,19)(H,15,16,18). The van der Waals surface area contributed by atoms with Gasteiger partial charge in [0.1, 0.15) is 11.3 Å². The molecule has 2 rings (SSSR count).